The highest BCUT2D eigenvalue weighted by molar-refractivity contribution is 5.71. The van der Waals surface area contributed by atoms with Crippen molar-refractivity contribution in [1.29, 1.82) is 0 Å². The SMILES string of the molecule is CC\C=C/C=C\C=C/CCCCCCCCCC(=O)OC(COC(=O)CCC/C=C\C/C=C\C/C=C\CCCCCCCC)COC(=O)CCCCCCCCCCCCC. The maximum atomic E-state index is 12.8. The summed E-state index contributed by atoms with van der Waals surface area (Å²) in [6.45, 7) is 6.44. The van der Waals surface area contributed by atoms with E-state index in [9.17, 15) is 14.4 Å². The van der Waals surface area contributed by atoms with Crippen molar-refractivity contribution in [2.45, 2.75) is 245 Å². The zero-order valence-corrected chi connectivity index (χ0v) is 39.9. The van der Waals surface area contributed by atoms with Crippen LogP contribution in [0.3, 0.4) is 0 Å². The highest BCUT2D eigenvalue weighted by Crippen LogP contribution is 2.14. The average Bonchev–Trinajstić information content (AvgIpc) is 3.26. The third kappa shape index (κ3) is 47.7. The number of hydrogen-bond donors (Lipinski definition) is 0. The Labute approximate surface area is 376 Å². The van der Waals surface area contributed by atoms with Crippen molar-refractivity contribution in [1.82, 2.24) is 0 Å². The molecule has 0 amide bonds. The van der Waals surface area contributed by atoms with Gasteiger partial charge in [0.2, 0.25) is 0 Å². The number of carbonyl (C=O) groups excluding carboxylic acids is 3. The molecule has 0 aliphatic rings. The molecule has 0 saturated heterocycles. The zero-order chi connectivity index (χ0) is 44.4. The summed E-state index contributed by atoms with van der Waals surface area (Å²) in [5.41, 5.74) is 0. The Balaban J connectivity index is 4.46. The molecule has 1 unspecified atom stereocenters. The van der Waals surface area contributed by atoms with Crippen molar-refractivity contribution in [3.05, 3.63) is 72.9 Å². The Morgan fingerprint density at radius 1 is 0.361 bits per heavy atom. The Morgan fingerprint density at radius 2 is 0.721 bits per heavy atom. The third-order valence-corrected chi connectivity index (χ3v) is 10.8. The number of esters is 3. The highest BCUT2D eigenvalue weighted by Gasteiger charge is 2.19. The van der Waals surface area contributed by atoms with Crippen LogP contribution in [-0.2, 0) is 28.6 Å². The molecule has 0 fully saturated rings. The molecule has 0 aromatic heterocycles. The normalized spacial score (nSPS) is 12.6. The quantitative estimate of drug-likeness (QED) is 0.0200. The largest absolute Gasteiger partial charge is 0.462 e. The Kier molecular flexibility index (Phi) is 46.9. The third-order valence-electron chi connectivity index (χ3n) is 10.8. The summed E-state index contributed by atoms with van der Waals surface area (Å²) in [7, 11) is 0. The molecule has 0 saturated carbocycles. The second-order valence-electron chi connectivity index (χ2n) is 16.8. The predicted molar refractivity (Wildman–Crippen MR) is 261 cm³/mol. The van der Waals surface area contributed by atoms with Crippen LogP contribution in [0.5, 0.6) is 0 Å². The molecule has 0 aliphatic heterocycles. The second kappa shape index (κ2) is 49.5. The molecular formula is C55H94O6. The van der Waals surface area contributed by atoms with Gasteiger partial charge in [-0.3, -0.25) is 14.4 Å². The van der Waals surface area contributed by atoms with E-state index in [1.807, 2.05) is 0 Å². The van der Waals surface area contributed by atoms with Crippen LogP contribution in [0.1, 0.15) is 239 Å². The van der Waals surface area contributed by atoms with Crippen LogP contribution in [0.15, 0.2) is 72.9 Å². The van der Waals surface area contributed by atoms with Gasteiger partial charge in [0.05, 0.1) is 0 Å². The minimum absolute atomic E-state index is 0.0948. The molecule has 61 heavy (non-hydrogen) atoms. The number of unbranched alkanes of at least 4 members (excludes halogenated alkanes) is 24. The summed E-state index contributed by atoms with van der Waals surface area (Å²) in [4.78, 5) is 37.9. The lowest BCUT2D eigenvalue weighted by molar-refractivity contribution is -0.167. The lowest BCUT2D eigenvalue weighted by Gasteiger charge is -2.18. The molecule has 1 atom stereocenters. The van der Waals surface area contributed by atoms with Gasteiger partial charge in [0, 0.05) is 19.3 Å². The summed E-state index contributed by atoms with van der Waals surface area (Å²) in [5.74, 6) is -0.962. The number of rotatable bonds is 45. The van der Waals surface area contributed by atoms with E-state index < -0.39 is 6.10 Å². The van der Waals surface area contributed by atoms with Crippen molar-refractivity contribution in [3.8, 4) is 0 Å². The Hall–Kier alpha value is -3.15. The van der Waals surface area contributed by atoms with Gasteiger partial charge in [-0.15, -0.1) is 0 Å². The summed E-state index contributed by atoms with van der Waals surface area (Å²) in [6, 6.07) is 0. The van der Waals surface area contributed by atoms with Crippen LogP contribution in [-0.4, -0.2) is 37.2 Å². The fourth-order valence-corrected chi connectivity index (χ4v) is 6.93. The van der Waals surface area contributed by atoms with Gasteiger partial charge in [-0.2, -0.15) is 0 Å². The summed E-state index contributed by atoms with van der Waals surface area (Å²) < 4.78 is 16.7. The molecule has 0 heterocycles. The number of ether oxygens (including phenoxy) is 3. The molecule has 0 radical (unpaired) electrons. The molecule has 0 aromatic rings. The lowest BCUT2D eigenvalue weighted by atomic mass is 10.1. The number of carbonyl (C=O) groups is 3. The molecule has 0 aromatic carbocycles. The van der Waals surface area contributed by atoms with E-state index in [-0.39, 0.29) is 37.5 Å². The molecule has 0 rings (SSSR count). The predicted octanol–water partition coefficient (Wildman–Crippen LogP) is 16.6. The summed E-state index contributed by atoms with van der Waals surface area (Å²) >= 11 is 0. The molecule has 350 valence electrons. The first-order chi connectivity index (χ1) is 30.0. The fourth-order valence-electron chi connectivity index (χ4n) is 6.93. The molecule has 6 heteroatoms. The van der Waals surface area contributed by atoms with E-state index in [4.69, 9.17) is 14.2 Å². The van der Waals surface area contributed by atoms with Gasteiger partial charge in [0.25, 0.3) is 0 Å². The topological polar surface area (TPSA) is 78.9 Å². The molecule has 0 aliphatic carbocycles. The van der Waals surface area contributed by atoms with Crippen molar-refractivity contribution in [2.75, 3.05) is 13.2 Å². The van der Waals surface area contributed by atoms with E-state index in [1.54, 1.807) is 0 Å². The van der Waals surface area contributed by atoms with Gasteiger partial charge >= 0.3 is 17.9 Å². The van der Waals surface area contributed by atoms with Crippen molar-refractivity contribution in [2.24, 2.45) is 0 Å². The molecular weight excluding hydrogens is 757 g/mol. The molecule has 0 spiro atoms. The van der Waals surface area contributed by atoms with Gasteiger partial charge in [0.15, 0.2) is 6.10 Å². The summed E-state index contributed by atoms with van der Waals surface area (Å²) in [6.07, 6.45) is 61.7. The van der Waals surface area contributed by atoms with Crippen molar-refractivity contribution >= 4 is 17.9 Å². The minimum Gasteiger partial charge on any atom is -0.462 e. The first-order valence-corrected chi connectivity index (χ1v) is 25.5. The Morgan fingerprint density at radius 3 is 1.20 bits per heavy atom. The summed E-state index contributed by atoms with van der Waals surface area (Å²) in [5, 5.41) is 0. The van der Waals surface area contributed by atoms with Crippen LogP contribution in [0, 0.1) is 0 Å². The number of allylic oxidation sites excluding steroid dienone is 12. The first-order valence-electron chi connectivity index (χ1n) is 25.5. The van der Waals surface area contributed by atoms with Crippen LogP contribution < -0.4 is 0 Å². The van der Waals surface area contributed by atoms with Gasteiger partial charge in [-0.05, 0) is 70.6 Å². The molecule has 0 N–H and O–H groups in total. The van der Waals surface area contributed by atoms with Crippen LogP contribution >= 0.6 is 0 Å². The monoisotopic (exact) mass is 851 g/mol. The second-order valence-corrected chi connectivity index (χ2v) is 16.8. The zero-order valence-electron chi connectivity index (χ0n) is 39.9. The maximum Gasteiger partial charge on any atom is 0.306 e. The smallest absolute Gasteiger partial charge is 0.306 e. The highest BCUT2D eigenvalue weighted by atomic mass is 16.6. The van der Waals surface area contributed by atoms with E-state index in [0.29, 0.717) is 19.3 Å². The van der Waals surface area contributed by atoms with Gasteiger partial charge in [-0.1, -0.05) is 222 Å². The van der Waals surface area contributed by atoms with E-state index in [2.05, 4.69) is 93.7 Å². The van der Waals surface area contributed by atoms with Crippen LogP contribution in [0.25, 0.3) is 0 Å². The Bertz CT molecular complexity index is 1160. The van der Waals surface area contributed by atoms with Gasteiger partial charge in [-0.25, -0.2) is 0 Å². The van der Waals surface area contributed by atoms with Crippen molar-refractivity contribution < 1.29 is 28.6 Å². The first kappa shape index (κ1) is 57.9. The van der Waals surface area contributed by atoms with Crippen molar-refractivity contribution in [3.63, 3.8) is 0 Å². The van der Waals surface area contributed by atoms with E-state index in [1.165, 1.54) is 116 Å². The molecule has 6 nitrogen and oxygen atoms in total. The average molecular weight is 851 g/mol. The van der Waals surface area contributed by atoms with E-state index >= 15 is 0 Å². The van der Waals surface area contributed by atoms with Gasteiger partial charge in [0.1, 0.15) is 13.2 Å². The van der Waals surface area contributed by atoms with Crippen LogP contribution in [0.4, 0.5) is 0 Å². The lowest BCUT2D eigenvalue weighted by Crippen LogP contribution is -2.30. The van der Waals surface area contributed by atoms with E-state index in [0.717, 1.165) is 77.0 Å². The maximum absolute atomic E-state index is 12.8. The minimum atomic E-state index is -0.799. The molecule has 0 bridgehead atoms. The number of hydrogen-bond acceptors (Lipinski definition) is 6. The standard InChI is InChI=1S/C55H94O6/c1-4-7-10-13-16-19-22-24-26-27-29-30-33-36-39-42-45-48-54(57)60-51-52(50-59-53(56)47-44-41-38-35-32-21-18-15-12-9-6-3)61-55(58)49-46-43-40-37-34-31-28-25-23-20-17-14-11-8-5-2/h8,11,14,17,20,23-24,26,29-30,36,39,52H,4-7,9-10,12-13,15-16,18-19,21-22,25,27-28,31-35,37-38,40-51H2,1-3H3/b11-8-,17-14-,23-20-,26-24-,30-29-,39-36-. The van der Waals surface area contributed by atoms with Crippen LogP contribution in [0.2, 0.25) is 0 Å². The fraction of sp³-hybridized carbons (Fsp3) is 0.727. The van der Waals surface area contributed by atoms with Gasteiger partial charge < -0.3 is 14.2 Å².